The van der Waals surface area contributed by atoms with Crippen LogP contribution in [0.4, 0.5) is 0 Å². The lowest BCUT2D eigenvalue weighted by Crippen LogP contribution is -2.12. The standard InChI is InChI=1S/C3H6O3.C3H6O.CH2Cl2/c4-1-3(6)2-5;1-3(2)4;2-1-3/h1,3,5-6H,2H2;1-2H3;1H2. The molecule has 0 aliphatic rings. The molecule has 80 valence electrons. The van der Waals surface area contributed by atoms with Gasteiger partial charge < -0.3 is 19.8 Å². The molecular formula is C7H14Cl2O4. The second-order valence-corrected chi connectivity index (χ2v) is 2.70. The van der Waals surface area contributed by atoms with E-state index < -0.39 is 12.7 Å². The van der Waals surface area contributed by atoms with Crippen molar-refractivity contribution in [1.82, 2.24) is 0 Å². The van der Waals surface area contributed by atoms with Crippen LogP contribution in [-0.4, -0.2) is 40.3 Å². The third-order valence-corrected chi connectivity index (χ3v) is 0.344. The first-order valence-electron chi connectivity index (χ1n) is 3.29. The lowest BCUT2D eigenvalue weighted by molar-refractivity contribution is -0.116. The van der Waals surface area contributed by atoms with E-state index in [4.69, 9.17) is 33.4 Å². The average Bonchev–Trinajstić information content (AvgIpc) is 2.03. The lowest BCUT2D eigenvalue weighted by atomic mass is 10.4. The molecule has 0 aromatic rings. The van der Waals surface area contributed by atoms with Crippen LogP contribution in [-0.2, 0) is 9.59 Å². The van der Waals surface area contributed by atoms with E-state index in [-0.39, 0.29) is 17.4 Å². The quantitative estimate of drug-likeness (QED) is 0.539. The maximum Gasteiger partial charge on any atom is 0.150 e. The number of halogens is 2. The van der Waals surface area contributed by atoms with Gasteiger partial charge in [-0.05, 0) is 13.8 Å². The Morgan fingerprint density at radius 1 is 1.46 bits per heavy atom. The summed E-state index contributed by atoms with van der Waals surface area (Å²) in [6.45, 7) is 2.57. The van der Waals surface area contributed by atoms with Crippen molar-refractivity contribution in [2.45, 2.75) is 20.0 Å². The molecule has 0 bridgehead atoms. The summed E-state index contributed by atoms with van der Waals surface area (Å²) in [5.41, 5.74) is 0. The molecule has 1 atom stereocenters. The Kier molecular flexibility index (Phi) is 25.5. The van der Waals surface area contributed by atoms with Crippen LogP contribution < -0.4 is 0 Å². The fourth-order valence-electron chi connectivity index (χ4n) is 0.0430. The van der Waals surface area contributed by atoms with Crippen LogP contribution in [0.25, 0.3) is 0 Å². The van der Waals surface area contributed by atoms with Gasteiger partial charge in [-0.3, -0.25) is 0 Å². The lowest BCUT2D eigenvalue weighted by Gasteiger charge is -1.89. The number of Topliss-reactive ketones (excluding diaryl/α,β-unsaturated/α-hetero) is 1. The summed E-state index contributed by atoms with van der Waals surface area (Å²) < 4.78 is 0. The summed E-state index contributed by atoms with van der Waals surface area (Å²) in [5, 5.41) is 16.1. The third-order valence-electron chi connectivity index (χ3n) is 0.344. The monoisotopic (exact) mass is 232 g/mol. The fraction of sp³-hybridized carbons (Fsp3) is 0.714. The van der Waals surface area contributed by atoms with Crippen LogP contribution in [0.5, 0.6) is 0 Å². The van der Waals surface area contributed by atoms with Crippen molar-refractivity contribution in [3.63, 3.8) is 0 Å². The average molecular weight is 233 g/mol. The molecule has 6 heteroatoms. The molecule has 0 aliphatic carbocycles. The molecule has 0 fully saturated rings. The predicted molar refractivity (Wildman–Crippen MR) is 52.1 cm³/mol. The Labute approximate surface area is 87.5 Å². The molecule has 0 aromatic carbocycles. The van der Waals surface area contributed by atoms with Gasteiger partial charge in [-0.2, -0.15) is 0 Å². The van der Waals surface area contributed by atoms with Crippen LogP contribution >= 0.6 is 23.2 Å². The van der Waals surface area contributed by atoms with Gasteiger partial charge in [0.25, 0.3) is 0 Å². The van der Waals surface area contributed by atoms with E-state index in [2.05, 4.69) is 0 Å². The maximum atomic E-state index is 9.44. The highest BCUT2D eigenvalue weighted by Gasteiger charge is 1.92. The van der Waals surface area contributed by atoms with E-state index in [1.807, 2.05) is 0 Å². The first kappa shape index (κ1) is 18.6. The van der Waals surface area contributed by atoms with Gasteiger partial charge in [0.2, 0.25) is 0 Å². The molecule has 0 amide bonds. The zero-order chi connectivity index (χ0) is 11.3. The van der Waals surface area contributed by atoms with Crippen LogP contribution in [0.2, 0.25) is 0 Å². The molecule has 0 saturated heterocycles. The van der Waals surface area contributed by atoms with E-state index in [1.54, 1.807) is 0 Å². The fourth-order valence-corrected chi connectivity index (χ4v) is 0.0430. The number of aldehydes is 1. The summed E-state index contributed by atoms with van der Waals surface area (Å²) in [6.07, 6.45) is -0.912. The number of ketones is 1. The number of alkyl halides is 2. The largest absolute Gasteiger partial charge is 0.393 e. The number of hydrogen-bond donors (Lipinski definition) is 2. The number of rotatable bonds is 2. The van der Waals surface area contributed by atoms with Crippen molar-refractivity contribution in [3.05, 3.63) is 0 Å². The first-order chi connectivity index (χ1) is 5.95. The van der Waals surface area contributed by atoms with Gasteiger partial charge in [-0.15, -0.1) is 23.2 Å². The van der Waals surface area contributed by atoms with Crippen LogP contribution in [0, 0.1) is 0 Å². The molecule has 0 radical (unpaired) electrons. The topological polar surface area (TPSA) is 74.6 Å². The number of aliphatic hydroxyl groups is 2. The minimum absolute atomic E-state index is 0.167. The highest BCUT2D eigenvalue weighted by atomic mass is 35.5. The Balaban J connectivity index is -0.000000125. The van der Waals surface area contributed by atoms with Gasteiger partial charge in [0, 0.05) is 0 Å². The SMILES string of the molecule is CC(C)=O.ClCCl.O=CC(O)CO. The minimum Gasteiger partial charge on any atom is -0.393 e. The molecular weight excluding hydrogens is 219 g/mol. The number of aliphatic hydroxyl groups excluding tert-OH is 2. The molecule has 0 saturated carbocycles. The Morgan fingerprint density at radius 2 is 1.69 bits per heavy atom. The molecule has 4 nitrogen and oxygen atoms in total. The molecule has 0 aliphatic heterocycles. The molecule has 0 heterocycles. The summed E-state index contributed by atoms with van der Waals surface area (Å²) in [4.78, 5) is 18.8. The van der Waals surface area contributed by atoms with Crippen molar-refractivity contribution in [2.24, 2.45) is 0 Å². The van der Waals surface area contributed by atoms with E-state index in [0.29, 0.717) is 0 Å². The van der Waals surface area contributed by atoms with Gasteiger partial charge in [-0.25, -0.2) is 0 Å². The second kappa shape index (κ2) is 17.8. The van der Waals surface area contributed by atoms with E-state index in [0.717, 1.165) is 0 Å². The number of carbonyl (C=O) groups is 2. The Hall–Kier alpha value is -0.160. The predicted octanol–water partition coefficient (Wildman–Crippen LogP) is 0.555. The van der Waals surface area contributed by atoms with Crippen LogP contribution in [0.3, 0.4) is 0 Å². The maximum absolute atomic E-state index is 9.44. The van der Waals surface area contributed by atoms with E-state index >= 15 is 0 Å². The molecule has 13 heavy (non-hydrogen) atoms. The molecule has 0 rings (SSSR count). The summed E-state index contributed by atoms with van der Waals surface area (Å²) >= 11 is 9.53. The molecule has 2 N–H and O–H groups in total. The van der Waals surface area contributed by atoms with E-state index in [9.17, 15) is 9.59 Å². The van der Waals surface area contributed by atoms with Crippen molar-refractivity contribution < 1.29 is 19.8 Å². The smallest absolute Gasteiger partial charge is 0.150 e. The van der Waals surface area contributed by atoms with Gasteiger partial charge in [0.1, 0.15) is 11.9 Å². The van der Waals surface area contributed by atoms with Gasteiger partial charge in [0.05, 0.1) is 11.9 Å². The van der Waals surface area contributed by atoms with Crippen LogP contribution in [0.15, 0.2) is 0 Å². The summed E-state index contributed by atoms with van der Waals surface area (Å²) in [5.74, 6) is 0.167. The molecule has 0 spiro atoms. The van der Waals surface area contributed by atoms with Crippen molar-refractivity contribution in [1.29, 1.82) is 0 Å². The molecule has 0 aromatic heterocycles. The van der Waals surface area contributed by atoms with E-state index in [1.165, 1.54) is 13.8 Å². The van der Waals surface area contributed by atoms with Crippen molar-refractivity contribution in [3.8, 4) is 0 Å². The van der Waals surface area contributed by atoms with Crippen molar-refractivity contribution >= 4 is 35.3 Å². The highest BCUT2D eigenvalue weighted by Crippen LogP contribution is 1.73. The van der Waals surface area contributed by atoms with Crippen molar-refractivity contribution in [2.75, 3.05) is 11.9 Å². The van der Waals surface area contributed by atoms with Gasteiger partial charge >= 0.3 is 0 Å². The Morgan fingerprint density at radius 3 is 1.69 bits per heavy atom. The summed E-state index contributed by atoms with van der Waals surface area (Å²) in [6, 6.07) is 0. The summed E-state index contributed by atoms with van der Waals surface area (Å²) in [7, 11) is 0. The number of carbonyl (C=O) groups excluding carboxylic acids is 2. The van der Waals surface area contributed by atoms with Gasteiger partial charge in [0.15, 0.2) is 6.29 Å². The van der Waals surface area contributed by atoms with Gasteiger partial charge in [-0.1, -0.05) is 0 Å². The number of hydrogen-bond acceptors (Lipinski definition) is 4. The van der Waals surface area contributed by atoms with Crippen LogP contribution in [0.1, 0.15) is 13.8 Å². The minimum atomic E-state index is -1.19. The Bertz CT molecular complexity index is 115. The second-order valence-electron chi connectivity index (χ2n) is 1.90. The molecule has 1 unspecified atom stereocenters. The first-order valence-corrected chi connectivity index (χ1v) is 4.36. The zero-order valence-electron chi connectivity index (χ0n) is 7.54. The zero-order valence-corrected chi connectivity index (χ0v) is 9.05. The highest BCUT2D eigenvalue weighted by molar-refractivity contribution is 6.40. The third kappa shape index (κ3) is 77.7. The normalized spacial score (nSPS) is 9.69.